The van der Waals surface area contributed by atoms with Crippen LogP contribution in [0.25, 0.3) is 0 Å². The summed E-state index contributed by atoms with van der Waals surface area (Å²) in [6, 6.07) is 0.179. The van der Waals surface area contributed by atoms with Crippen LogP contribution in [0.1, 0.15) is 33.6 Å². The molecule has 0 radical (unpaired) electrons. The van der Waals surface area contributed by atoms with Gasteiger partial charge in [0.2, 0.25) is 5.91 Å². The smallest absolute Gasteiger partial charge is 0.229 e. The lowest BCUT2D eigenvalue weighted by Crippen LogP contribution is -2.53. The average molecular weight is 251 g/mol. The first-order chi connectivity index (χ1) is 8.53. The summed E-state index contributed by atoms with van der Waals surface area (Å²) in [7, 11) is 0. The van der Waals surface area contributed by atoms with Crippen molar-refractivity contribution < 1.29 is 14.6 Å². The zero-order valence-corrected chi connectivity index (χ0v) is 11.2. The van der Waals surface area contributed by atoms with Crippen molar-refractivity contribution in [3.05, 3.63) is 0 Å². The van der Waals surface area contributed by atoms with Crippen molar-refractivity contribution in [1.82, 2.24) is 4.90 Å². The average Bonchev–Trinajstić information content (AvgIpc) is 2.94. The molecular weight excluding hydrogens is 230 g/mol. The predicted molar refractivity (Wildman–Crippen MR) is 64.5 cm³/mol. The Bertz CT molecular complexity index is 423. The molecule has 0 aromatic heterocycles. The Balaban J connectivity index is 1.87. The van der Waals surface area contributed by atoms with Crippen LogP contribution in [-0.4, -0.2) is 39.9 Å². The van der Waals surface area contributed by atoms with Crippen molar-refractivity contribution in [1.29, 1.82) is 0 Å². The number of aliphatic hydroxyl groups excluding tert-OH is 1. The van der Waals surface area contributed by atoms with E-state index in [4.69, 9.17) is 4.74 Å². The summed E-state index contributed by atoms with van der Waals surface area (Å²) in [6.07, 6.45) is 1.39. The highest BCUT2D eigenvalue weighted by Crippen LogP contribution is 2.68. The molecule has 2 heterocycles. The van der Waals surface area contributed by atoms with Gasteiger partial charge in [-0.3, -0.25) is 4.79 Å². The summed E-state index contributed by atoms with van der Waals surface area (Å²) in [4.78, 5) is 14.7. The number of ether oxygens (including phenoxy) is 1. The number of rotatable bonds is 2. The quantitative estimate of drug-likeness (QED) is 0.796. The second kappa shape index (κ2) is 3.10. The molecule has 0 aromatic carbocycles. The van der Waals surface area contributed by atoms with Crippen LogP contribution in [0.15, 0.2) is 0 Å². The molecule has 4 aliphatic rings. The Morgan fingerprint density at radius 2 is 2.22 bits per heavy atom. The molecule has 1 N–H and O–H groups in total. The summed E-state index contributed by atoms with van der Waals surface area (Å²) < 4.78 is 6.28. The van der Waals surface area contributed by atoms with Crippen molar-refractivity contribution in [3.8, 4) is 0 Å². The van der Waals surface area contributed by atoms with Crippen LogP contribution in [0.5, 0.6) is 0 Å². The van der Waals surface area contributed by atoms with Crippen molar-refractivity contribution in [2.75, 3.05) is 0 Å². The minimum absolute atomic E-state index is 0.0195. The summed E-state index contributed by atoms with van der Waals surface area (Å²) in [5, 5.41) is 10.3. The van der Waals surface area contributed by atoms with E-state index in [0.717, 1.165) is 12.8 Å². The van der Waals surface area contributed by atoms with Crippen LogP contribution in [0, 0.1) is 23.7 Å². The Morgan fingerprint density at radius 1 is 1.50 bits per heavy atom. The molecule has 0 spiro atoms. The molecule has 2 saturated heterocycles. The van der Waals surface area contributed by atoms with Crippen LogP contribution in [0.3, 0.4) is 0 Å². The molecule has 7 atom stereocenters. The molecule has 2 saturated carbocycles. The van der Waals surface area contributed by atoms with Crippen LogP contribution >= 0.6 is 0 Å². The van der Waals surface area contributed by atoms with Gasteiger partial charge in [-0.05, 0) is 38.5 Å². The number of hydrogen-bond donors (Lipinski definition) is 1. The molecule has 4 nitrogen and oxygen atoms in total. The molecule has 0 aromatic rings. The van der Waals surface area contributed by atoms with Crippen molar-refractivity contribution in [2.45, 2.75) is 57.6 Å². The number of likely N-dealkylation sites (tertiary alicyclic amines) is 1. The second-order valence-corrected chi connectivity index (χ2v) is 6.69. The van der Waals surface area contributed by atoms with Gasteiger partial charge in [0.1, 0.15) is 5.72 Å². The molecule has 4 heteroatoms. The number of hydrogen-bond acceptors (Lipinski definition) is 3. The third kappa shape index (κ3) is 0.904. The van der Waals surface area contributed by atoms with Gasteiger partial charge in [0.05, 0.1) is 18.1 Å². The summed E-state index contributed by atoms with van der Waals surface area (Å²) >= 11 is 0. The third-order valence-electron chi connectivity index (χ3n) is 5.87. The Kier molecular flexibility index (Phi) is 1.93. The van der Waals surface area contributed by atoms with Crippen molar-refractivity contribution in [2.24, 2.45) is 23.7 Å². The van der Waals surface area contributed by atoms with Crippen LogP contribution < -0.4 is 0 Å². The van der Waals surface area contributed by atoms with Gasteiger partial charge in [-0.1, -0.05) is 6.92 Å². The Morgan fingerprint density at radius 3 is 2.83 bits per heavy atom. The molecule has 2 bridgehead atoms. The molecule has 18 heavy (non-hydrogen) atoms. The van der Waals surface area contributed by atoms with E-state index in [9.17, 15) is 9.90 Å². The lowest BCUT2D eigenvalue weighted by atomic mass is 9.76. The highest BCUT2D eigenvalue weighted by Gasteiger charge is 2.77. The number of aliphatic hydroxyl groups is 1. The number of fused-ring (bicyclic) bond motifs is 2. The van der Waals surface area contributed by atoms with Crippen LogP contribution in [0.2, 0.25) is 0 Å². The Labute approximate surface area is 107 Å². The molecule has 2 aliphatic heterocycles. The maximum absolute atomic E-state index is 12.7. The van der Waals surface area contributed by atoms with Gasteiger partial charge in [-0.25, -0.2) is 0 Å². The van der Waals surface area contributed by atoms with E-state index in [0.29, 0.717) is 11.8 Å². The highest BCUT2D eigenvalue weighted by atomic mass is 16.6. The van der Waals surface area contributed by atoms with E-state index in [1.54, 1.807) is 0 Å². The highest BCUT2D eigenvalue weighted by molar-refractivity contribution is 5.84. The molecular formula is C14H21NO3. The number of amides is 1. The van der Waals surface area contributed by atoms with Gasteiger partial charge < -0.3 is 14.7 Å². The van der Waals surface area contributed by atoms with E-state index in [-0.39, 0.29) is 29.9 Å². The zero-order chi connectivity index (χ0) is 12.8. The Hall–Kier alpha value is -0.610. The van der Waals surface area contributed by atoms with Crippen LogP contribution in [0.4, 0.5) is 0 Å². The standard InChI is InChI=1S/C14H21NO3/c1-4-14-10-8-5-7(11(16)12(8)18-14)9(10)13(17)15(14)6(2)3/h6-12,16H,4-5H2,1-3H3/t7-,8-,9-,10+,11+,12-,14-/m0/s1. The monoisotopic (exact) mass is 251 g/mol. The third-order valence-corrected chi connectivity index (χ3v) is 5.87. The van der Waals surface area contributed by atoms with E-state index in [1.165, 1.54) is 0 Å². The molecule has 4 rings (SSSR count). The van der Waals surface area contributed by atoms with E-state index in [2.05, 4.69) is 20.8 Å². The molecule has 0 unspecified atom stereocenters. The first-order valence-electron chi connectivity index (χ1n) is 7.22. The van der Waals surface area contributed by atoms with E-state index in [1.807, 2.05) is 4.90 Å². The van der Waals surface area contributed by atoms with Gasteiger partial charge in [-0.15, -0.1) is 0 Å². The van der Waals surface area contributed by atoms with Crippen molar-refractivity contribution in [3.63, 3.8) is 0 Å². The number of nitrogens with zero attached hydrogens (tertiary/aromatic N) is 1. The lowest BCUT2D eigenvalue weighted by Gasteiger charge is -2.40. The molecule has 1 amide bonds. The zero-order valence-electron chi connectivity index (χ0n) is 11.2. The minimum Gasteiger partial charge on any atom is -0.390 e. The normalized spacial score (nSPS) is 56.3. The SMILES string of the molecule is CC[C@]12O[C@@H]3[C@H](O)[C@H]4C[C@H]3[C@@H]1[C@H]4C(=O)N2C(C)C. The van der Waals surface area contributed by atoms with E-state index >= 15 is 0 Å². The molecule has 100 valence electrons. The molecule has 2 aliphatic carbocycles. The molecule has 4 fully saturated rings. The second-order valence-electron chi connectivity index (χ2n) is 6.69. The van der Waals surface area contributed by atoms with Crippen LogP contribution in [-0.2, 0) is 9.53 Å². The van der Waals surface area contributed by atoms with Gasteiger partial charge in [0.25, 0.3) is 0 Å². The topological polar surface area (TPSA) is 49.8 Å². The minimum atomic E-state index is -0.419. The first kappa shape index (κ1) is 11.2. The van der Waals surface area contributed by atoms with Gasteiger partial charge in [0, 0.05) is 12.0 Å². The van der Waals surface area contributed by atoms with Gasteiger partial charge in [0.15, 0.2) is 0 Å². The van der Waals surface area contributed by atoms with E-state index < -0.39 is 11.8 Å². The lowest BCUT2D eigenvalue weighted by molar-refractivity contribution is -0.184. The first-order valence-corrected chi connectivity index (χ1v) is 7.22. The largest absolute Gasteiger partial charge is 0.390 e. The summed E-state index contributed by atoms with van der Waals surface area (Å²) in [6.45, 7) is 6.24. The van der Waals surface area contributed by atoms with Gasteiger partial charge >= 0.3 is 0 Å². The fourth-order valence-corrected chi connectivity index (χ4v) is 5.50. The van der Waals surface area contributed by atoms with Gasteiger partial charge in [-0.2, -0.15) is 0 Å². The maximum Gasteiger partial charge on any atom is 0.229 e. The fraction of sp³-hybridized carbons (Fsp3) is 0.929. The summed E-state index contributed by atoms with van der Waals surface area (Å²) in [5.41, 5.74) is -0.419. The number of carbonyl (C=O) groups excluding carboxylic acids is 1. The maximum atomic E-state index is 12.7. The predicted octanol–water partition coefficient (Wildman–Crippen LogP) is 0.985. The van der Waals surface area contributed by atoms with Crippen molar-refractivity contribution >= 4 is 5.91 Å². The number of carbonyl (C=O) groups is 1. The fourth-order valence-electron chi connectivity index (χ4n) is 5.50. The summed E-state index contributed by atoms with van der Waals surface area (Å²) in [5.74, 6) is 1.13.